The van der Waals surface area contributed by atoms with E-state index in [1.807, 2.05) is 27.7 Å². The van der Waals surface area contributed by atoms with Crippen LogP contribution in [-0.2, 0) is 12.8 Å². The first-order chi connectivity index (χ1) is 12.3. The van der Waals surface area contributed by atoms with Gasteiger partial charge in [-0.15, -0.1) is 0 Å². The van der Waals surface area contributed by atoms with E-state index in [1.54, 1.807) is 0 Å². The predicted octanol–water partition coefficient (Wildman–Crippen LogP) is 5.51. The summed E-state index contributed by atoms with van der Waals surface area (Å²) in [5.41, 5.74) is 8.64. The van der Waals surface area contributed by atoms with Crippen molar-refractivity contribution >= 4 is 0 Å². The number of phenolic OH excluding ortho intramolecular Hbond substituents is 2. The Morgan fingerprint density at radius 2 is 0.885 bits per heavy atom. The van der Waals surface area contributed by atoms with E-state index in [0.29, 0.717) is 11.5 Å². The van der Waals surface area contributed by atoms with Gasteiger partial charge in [-0.25, -0.2) is 0 Å². The maximum atomic E-state index is 9.95. The molecule has 0 radical (unpaired) electrons. The number of aromatic hydroxyl groups is 2. The number of hydrogen-bond donors (Lipinski definition) is 2. The fraction of sp³-hybridized carbons (Fsp3) is 0.250. The Morgan fingerprint density at radius 3 is 1.23 bits per heavy atom. The number of benzene rings is 3. The molecule has 0 aromatic heterocycles. The molecule has 3 aromatic rings. The average Bonchev–Trinajstić information content (AvgIpc) is 2.58. The highest BCUT2D eigenvalue weighted by Crippen LogP contribution is 2.26. The van der Waals surface area contributed by atoms with Crippen LogP contribution in [0, 0.1) is 27.7 Å². The second-order valence-electron chi connectivity index (χ2n) is 7.33. The fourth-order valence-corrected chi connectivity index (χ4v) is 3.62. The maximum absolute atomic E-state index is 9.95. The number of rotatable bonds is 4. The zero-order valence-electron chi connectivity index (χ0n) is 15.9. The van der Waals surface area contributed by atoms with Gasteiger partial charge in [0.1, 0.15) is 11.5 Å². The monoisotopic (exact) mass is 346 g/mol. The molecule has 0 aliphatic rings. The molecule has 134 valence electrons. The second kappa shape index (κ2) is 7.25. The standard InChI is InChI=1S/C24H26O2/c1-15-8-21(9-16(2)23(15)25)13-19-6-5-7-20(12-19)14-22-10-17(3)24(26)18(4)11-22/h5-12,25-26H,13-14H2,1-4H3. The molecule has 0 unspecified atom stereocenters. The molecule has 0 saturated heterocycles. The van der Waals surface area contributed by atoms with Crippen molar-refractivity contribution in [3.8, 4) is 11.5 Å². The molecule has 0 aliphatic heterocycles. The molecule has 0 fully saturated rings. The van der Waals surface area contributed by atoms with Crippen LogP contribution in [-0.4, -0.2) is 10.2 Å². The minimum atomic E-state index is 0.389. The predicted molar refractivity (Wildman–Crippen MR) is 107 cm³/mol. The Morgan fingerprint density at radius 1 is 0.538 bits per heavy atom. The molecule has 0 spiro atoms. The fourth-order valence-electron chi connectivity index (χ4n) is 3.62. The lowest BCUT2D eigenvalue weighted by Crippen LogP contribution is -1.95. The Kier molecular flexibility index (Phi) is 5.03. The third kappa shape index (κ3) is 3.91. The van der Waals surface area contributed by atoms with Gasteiger partial charge in [0, 0.05) is 0 Å². The van der Waals surface area contributed by atoms with Crippen molar-refractivity contribution in [2.45, 2.75) is 40.5 Å². The smallest absolute Gasteiger partial charge is 0.121 e. The lowest BCUT2D eigenvalue weighted by Gasteiger charge is -2.11. The maximum Gasteiger partial charge on any atom is 0.121 e. The summed E-state index contributed by atoms with van der Waals surface area (Å²) in [6.45, 7) is 7.77. The third-order valence-corrected chi connectivity index (χ3v) is 4.91. The lowest BCUT2D eigenvalue weighted by molar-refractivity contribution is 0.466. The van der Waals surface area contributed by atoms with Gasteiger partial charge >= 0.3 is 0 Å². The van der Waals surface area contributed by atoms with E-state index in [4.69, 9.17) is 0 Å². The molecule has 2 N–H and O–H groups in total. The van der Waals surface area contributed by atoms with Crippen LogP contribution in [0.4, 0.5) is 0 Å². The Balaban J connectivity index is 1.83. The molecule has 0 heterocycles. The molecular formula is C24H26O2. The van der Waals surface area contributed by atoms with Crippen molar-refractivity contribution < 1.29 is 10.2 Å². The molecule has 3 aromatic carbocycles. The highest BCUT2D eigenvalue weighted by atomic mass is 16.3. The first kappa shape index (κ1) is 18.1. The van der Waals surface area contributed by atoms with Gasteiger partial charge in [-0.2, -0.15) is 0 Å². The normalized spacial score (nSPS) is 10.9. The average molecular weight is 346 g/mol. The van der Waals surface area contributed by atoms with Crippen LogP contribution in [0.1, 0.15) is 44.5 Å². The molecular weight excluding hydrogens is 320 g/mol. The summed E-state index contributed by atoms with van der Waals surface area (Å²) in [6.07, 6.45) is 1.70. The summed E-state index contributed by atoms with van der Waals surface area (Å²) < 4.78 is 0. The van der Waals surface area contributed by atoms with E-state index >= 15 is 0 Å². The van der Waals surface area contributed by atoms with Crippen molar-refractivity contribution in [2.24, 2.45) is 0 Å². The molecule has 3 rings (SSSR count). The van der Waals surface area contributed by atoms with Gasteiger partial charge in [-0.05, 0) is 85.0 Å². The van der Waals surface area contributed by atoms with Gasteiger partial charge < -0.3 is 10.2 Å². The third-order valence-electron chi connectivity index (χ3n) is 4.91. The van der Waals surface area contributed by atoms with Gasteiger partial charge in [0.05, 0.1) is 0 Å². The molecule has 26 heavy (non-hydrogen) atoms. The Hall–Kier alpha value is -2.74. The molecule has 0 amide bonds. The molecule has 2 nitrogen and oxygen atoms in total. The van der Waals surface area contributed by atoms with Crippen LogP contribution in [0.15, 0.2) is 48.5 Å². The van der Waals surface area contributed by atoms with E-state index in [9.17, 15) is 10.2 Å². The zero-order chi connectivity index (χ0) is 18.8. The Bertz CT molecular complexity index is 833. The van der Waals surface area contributed by atoms with Gasteiger partial charge in [0.2, 0.25) is 0 Å². The Labute approximate surface area is 155 Å². The van der Waals surface area contributed by atoms with E-state index in [-0.39, 0.29) is 0 Å². The molecule has 0 aliphatic carbocycles. The van der Waals surface area contributed by atoms with Crippen molar-refractivity contribution in [1.82, 2.24) is 0 Å². The van der Waals surface area contributed by atoms with Crippen LogP contribution in [0.25, 0.3) is 0 Å². The van der Waals surface area contributed by atoms with E-state index in [0.717, 1.165) is 35.1 Å². The summed E-state index contributed by atoms with van der Waals surface area (Å²) in [7, 11) is 0. The summed E-state index contributed by atoms with van der Waals surface area (Å²) in [5.74, 6) is 0.779. The summed E-state index contributed by atoms with van der Waals surface area (Å²) in [6, 6.07) is 16.9. The van der Waals surface area contributed by atoms with Crippen LogP contribution in [0.2, 0.25) is 0 Å². The van der Waals surface area contributed by atoms with E-state index < -0.39 is 0 Å². The van der Waals surface area contributed by atoms with Gasteiger partial charge in [-0.3, -0.25) is 0 Å². The lowest BCUT2D eigenvalue weighted by atomic mass is 9.96. The van der Waals surface area contributed by atoms with Gasteiger partial charge in [-0.1, -0.05) is 48.5 Å². The second-order valence-corrected chi connectivity index (χ2v) is 7.33. The number of phenols is 2. The molecule has 0 saturated carbocycles. The van der Waals surface area contributed by atoms with Crippen molar-refractivity contribution in [1.29, 1.82) is 0 Å². The summed E-state index contributed by atoms with van der Waals surface area (Å²) >= 11 is 0. The van der Waals surface area contributed by atoms with Gasteiger partial charge in [0.15, 0.2) is 0 Å². The zero-order valence-corrected chi connectivity index (χ0v) is 15.9. The van der Waals surface area contributed by atoms with Gasteiger partial charge in [0.25, 0.3) is 0 Å². The number of hydrogen-bond acceptors (Lipinski definition) is 2. The van der Waals surface area contributed by atoms with Crippen molar-refractivity contribution in [3.05, 3.63) is 93.0 Å². The highest BCUT2D eigenvalue weighted by molar-refractivity contribution is 5.45. The number of aryl methyl sites for hydroxylation is 4. The van der Waals surface area contributed by atoms with Crippen molar-refractivity contribution in [3.63, 3.8) is 0 Å². The first-order valence-electron chi connectivity index (χ1n) is 8.99. The topological polar surface area (TPSA) is 40.5 Å². The molecule has 0 bridgehead atoms. The minimum Gasteiger partial charge on any atom is -0.507 e. The quantitative estimate of drug-likeness (QED) is 0.653. The summed E-state index contributed by atoms with van der Waals surface area (Å²) in [5, 5.41) is 19.9. The van der Waals surface area contributed by atoms with Crippen LogP contribution >= 0.6 is 0 Å². The SMILES string of the molecule is Cc1cc(Cc2cccc(Cc3cc(C)c(O)c(C)c3)c2)cc(C)c1O. The van der Waals surface area contributed by atoms with Crippen LogP contribution in [0.5, 0.6) is 11.5 Å². The molecule has 2 heteroatoms. The summed E-state index contributed by atoms with van der Waals surface area (Å²) in [4.78, 5) is 0. The largest absolute Gasteiger partial charge is 0.507 e. The highest BCUT2D eigenvalue weighted by Gasteiger charge is 2.07. The minimum absolute atomic E-state index is 0.389. The van der Waals surface area contributed by atoms with E-state index in [2.05, 4.69) is 48.5 Å². The molecule has 0 atom stereocenters. The van der Waals surface area contributed by atoms with Crippen molar-refractivity contribution in [2.75, 3.05) is 0 Å². The van der Waals surface area contributed by atoms with Crippen LogP contribution < -0.4 is 0 Å². The van der Waals surface area contributed by atoms with E-state index in [1.165, 1.54) is 22.3 Å². The van der Waals surface area contributed by atoms with Crippen LogP contribution in [0.3, 0.4) is 0 Å². The first-order valence-corrected chi connectivity index (χ1v) is 8.99.